The van der Waals surface area contributed by atoms with Gasteiger partial charge in [0.25, 0.3) is 0 Å². The molecule has 0 amide bonds. The van der Waals surface area contributed by atoms with Crippen LogP contribution in [0.4, 0.5) is 0 Å². The number of aliphatic imine (C=N–C) groups is 1. The molecule has 2 aromatic rings. The van der Waals surface area contributed by atoms with Crippen molar-refractivity contribution in [1.82, 2.24) is 15.4 Å². The molecule has 0 atom stereocenters. The van der Waals surface area contributed by atoms with Crippen molar-refractivity contribution in [3.63, 3.8) is 0 Å². The molecule has 0 heterocycles. The molecule has 146 valence electrons. The minimum absolute atomic E-state index is 0.245. The van der Waals surface area contributed by atoms with Crippen LogP contribution in [0.15, 0.2) is 64.5 Å². The number of rotatable bonds is 9. The normalized spacial score (nSPS) is 11.9. The van der Waals surface area contributed by atoms with Crippen molar-refractivity contribution in [2.75, 3.05) is 27.2 Å². The van der Waals surface area contributed by atoms with Crippen molar-refractivity contribution in [2.24, 2.45) is 4.99 Å². The van der Waals surface area contributed by atoms with Crippen LogP contribution in [0.5, 0.6) is 5.75 Å². The summed E-state index contributed by atoms with van der Waals surface area (Å²) >= 11 is 0. The van der Waals surface area contributed by atoms with Gasteiger partial charge in [0.15, 0.2) is 5.96 Å². The van der Waals surface area contributed by atoms with E-state index in [0.717, 1.165) is 24.3 Å². The summed E-state index contributed by atoms with van der Waals surface area (Å²) in [7, 11) is -0.306. The van der Waals surface area contributed by atoms with Crippen molar-refractivity contribution >= 4 is 16.0 Å². The number of nitrogens with one attached hydrogen (secondary N) is 3. The lowest BCUT2D eigenvalue weighted by atomic mass is 10.2. The van der Waals surface area contributed by atoms with Crippen LogP contribution < -0.4 is 20.1 Å². The van der Waals surface area contributed by atoms with Gasteiger partial charge in [-0.05, 0) is 43.3 Å². The van der Waals surface area contributed by atoms with E-state index < -0.39 is 10.0 Å². The van der Waals surface area contributed by atoms with Gasteiger partial charge in [-0.25, -0.2) is 13.1 Å². The highest BCUT2D eigenvalue weighted by atomic mass is 32.2. The second-order valence-electron chi connectivity index (χ2n) is 5.72. The van der Waals surface area contributed by atoms with Gasteiger partial charge in [0.2, 0.25) is 10.0 Å². The molecule has 0 unspecified atom stereocenters. The fraction of sp³-hybridized carbons (Fsp3) is 0.316. The molecule has 0 aliphatic carbocycles. The number of nitrogens with zero attached hydrogens (tertiary/aromatic N) is 1. The Kier molecular flexibility index (Phi) is 8.09. The first kappa shape index (κ1) is 20.7. The summed E-state index contributed by atoms with van der Waals surface area (Å²) in [5.74, 6) is 1.55. The van der Waals surface area contributed by atoms with Crippen LogP contribution in [0, 0.1) is 0 Å². The summed E-state index contributed by atoms with van der Waals surface area (Å²) in [5.41, 5.74) is 0.959. The largest absolute Gasteiger partial charge is 0.494 e. The van der Waals surface area contributed by atoms with Crippen LogP contribution in [0.3, 0.4) is 0 Å². The van der Waals surface area contributed by atoms with Gasteiger partial charge >= 0.3 is 0 Å². The van der Waals surface area contributed by atoms with Crippen LogP contribution in [0.2, 0.25) is 0 Å². The minimum Gasteiger partial charge on any atom is -0.494 e. The van der Waals surface area contributed by atoms with E-state index in [0.29, 0.717) is 19.1 Å². The van der Waals surface area contributed by atoms with Gasteiger partial charge in [-0.15, -0.1) is 0 Å². The van der Waals surface area contributed by atoms with E-state index in [1.807, 2.05) is 30.3 Å². The predicted octanol–water partition coefficient (Wildman–Crippen LogP) is 1.73. The molecular formula is C19H26N4O3S. The third kappa shape index (κ3) is 6.92. The molecule has 0 bridgehead atoms. The average molecular weight is 391 g/mol. The van der Waals surface area contributed by atoms with Crippen molar-refractivity contribution in [3.8, 4) is 5.75 Å². The summed E-state index contributed by atoms with van der Waals surface area (Å²) in [6.07, 6.45) is 0.839. The van der Waals surface area contributed by atoms with Gasteiger partial charge in [-0.3, -0.25) is 4.99 Å². The van der Waals surface area contributed by atoms with Gasteiger partial charge in [0, 0.05) is 20.1 Å². The Hall–Kier alpha value is -2.58. The second-order valence-corrected chi connectivity index (χ2v) is 7.61. The van der Waals surface area contributed by atoms with E-state index in [1.54, 1.807) is 31.3 Å². The molecule has 0 aliphatic heterocycles. The first-order valence-corrected chi connectivity index (χ1v) is 10.2. The molecule has 3 N–H and O–H groups in total. The summed E-state index contributed by atoms with van der Waals surface area (Å²) in [6, 6.07) is 16.4. The lowest BCUT2D eigenvalue weighted by molar-refractivity contribution is 0.311. The highest BCUT2D eigenvalue weighted by Crippen LogP contribution is 2.10. The Morgan fingerprint density at radius 3 is 2.37 bits per heavy atom. The topological polar surface area (TPSA) is 91.8 Å². The zero-order chi connectivity index (χ0) is 19.5. The first-order valence-electron chi connectivity index (χ1n) is 8.70. The van der Waals surface area contributed by atoms with E-state index >= 15 is 0 Å². The van der Waals surface area contributed by atoms with Crippen LogP contribution >= 0.6 is 0 Å². The SMILES string of the molecule is CN=C(NCCCOc1ccccc1)NCc1ccc(S(=O)(=O)NC)cc1. The Balaban J connectivity index is 1.71. The molecule has 7 nitrogen and oxygen atoms in total. The minimum atomic E-state index is -3.41. The molecule has 0 saturated heterocycles. The van der Waals surface area contributed by atoms with Crippen LogP contribution in [-0.4, -0.2) is 41.6 Å². The van der Waals surface area contributed by atoms with E-state index in [9.17, 15) is 8.42 Å². The fourth-order valence-corrected chi connectivity index (χ4v) is 3.03. The number of sulfonamides is 1. The fourth-order valence-electron chi connectivity index (χ4n) is 2.30. The number of benzene rings is 2. The molecule has 0 spiro atoms. The van der Waals surface area contributed by atoms with E-state index in [-0.39, 0.29) is 4.90 Å². The highest BCUT2D eigenvalue weighted by molar-refractivity contribution is 7.89. The monoisotopic (exact) mass is 390 g/mol. The summed E-state index contributed by atoms with van der Waals surface area (Å²) in [6.45, 7) is 1.89. The number of guanidine groups is 1. The van der Waals surface area contributed by atoms with Crippen LogP contribution in [-0.2, 0) is 16.6 Å². The van der Waals surface area contributed by atoms with Gasteiger partial charge < -0.3 is 15.4 Å². The van der Waals surface area contributed by atoms with Gasteiger partial charge in [-0.1, -0.05) is 30.3 Å². The summed E-state index contributed by atoms with van der Waals surface area (Å²) in [4.78, 5) is 4.42. The number of ether oxygens (including phenoxy) is 1. The van der Waals surface area contributed by atoms with Crippen molar-refractivity contribution in [1.29, 1.82) is 0 Å². The van der Waals surface area contributed by atoms with Gasteiger partial charge in [-0.2, -0.15) is 0 Å². The van der Waals surface area contributed by atoms with E-state index in [1.165, 1.54) is 7.05 Å². The third-order valence-electron chi connectivity index (χ3n) is 3.81. The predicted molar refractivity (Wildman–Crippen MR) is 107 cm³/mol. The Morgan fingerprint density at radius 1 is 1.04 bits per heavy atom. The van der Waals surface area contributed by atoms with Crippen molar-refractivity contribution < 1.29 is 13.2 Å². The van der Waals surface area contributed by atoms with Gasteiger partial charge in [0.1, 0.15) is 5.75 Å². The Bertz CT molecular complexity index is 822. The number of hydrogen-bond donors (Lipinski definition) is 3. The van der Waals surface area contributed by atoms with Gasteiger partial charge in [0.05, 0.1) is 11.5 Å². The third-order valence-corrected chi connectivity index (χ3v) is 5.24. The maximum Gasteiger partial charge on any atom is 0.240 e. The zero-order valence-electron chi connectivity index (χ0n) is 15.6. The molecule has 0 fully saturated rings. The number of para-hydroxylation sites is 1. The maximum absolute atomic E-state index is 11.7. The smallest absolute Gasteiger partial charge is 0.240 e. The first-order chi connectivity index (χ1) is 13.0. The quantitative estimate of drug-likeness (QED) is 0.345. The molecule has 2 aromatic carbocycles. The molecular weight excluding hydrogens is 364 g/mol. The highest BCUT2D eigenvalue weighted by Gasteiger charge is 2.10. The molecule has 0 aromatic heterocycles. The van der Waals surface area contributed by atoms with Crippen molar-refractivity contribution in [2.45, 2.75) is 17.9 Å². The lowest BCUT2D eigenvalue weighted by Crippen LogP contribution is -2.37. The second kappa shape index (κ2) is 10.5. The molecule has 0 radical (unpaired) electrons. The van der Waals surface area contributed by atoms with E-state index in [2.05, 4.69) is 20.3 Å². The molecule has 0 aliphatic rings. The lowest BCUT2D eigenvalue weighted by Gasteiger charge is -2.12. The molecule has 2 rings (SSSR count). The molecule has 27 heavy (non-hydrogen) atoms. The molecule has 0 saturated carbocycles. The maximum atomic E-state index is 11.7. The standard InChI is InChI=1S/C19H26N4O3S/c1-20-19(22-13-6-14-26-17-7-4-3-5-8-17)23-15-16-9-11-18(12-10-16)27(24,25)21-2/h3-5,7-12,21H,6,13-15H2,1-2H3,(H2,20,22,23). The van der Waals surface area contributed by atoms with E-state index in [4.69, 9.17) is 4.74 Å². The molecule has 8 heteroatoms. The summed E-state index contributed by atoms with van der Waals surface area (Å²) in [5, 5.41) is 6.42. The van der Waals surface area contributed by atoms with Crippen LogP contribution in [0.1, 0.15) is 12.0 Å². The average Bonchev–Trinajstić information content (AvgIpc) is 2.71. The number of hydrogen-bond acceptors (Lipinski definition) is 4. The zero-order valence-corrected chi connectivity index (χ0v) is 16.4. The Labute approximate surface area is 160 Å². The Morgan fingerprint density at radius 2 is 1.74 bits per heavy atom. The summed E-state index contributed by atoms with van der Waals surface area (Å²) < 4.78 is 31.4. The van der Waals surface area contributed by atoms with Crippen molar-refractivity contribution in [3.05, 3.63) is 60.2 Å². The van der Waals surface area contributed by atoms with Crippen LogP contribution in [0.25, 0.3) is 0 Å².